The number of nitrogens with zero attached hydrogens (tertiary/aromatic N) is 1. The van der Waals surface area contributed by atoms with Crippen LogP contribution in [-0.4, -0.2) is 24.9 Å². The minimum absolute atomic E-state index is 0.338. The van der Waals surface area contributed by atoms with Gasteiger partial charge in [0, 0.05) is 5.02 Å². The number of rotatable bonds is 6. The van der Waals surface area contributed by atoms with E-state index in [0.29, 0.717) is 33.7 Å². The summed E-state index contributed by atoms with van der Waals surface area (Å²) in [6.45, 7) is 2.62. The Hall–Kier alpha value is -1.71. The molecule has 28 heavy (non-hydrogen) atoms. The van der Waals surface area contributed by atoms with Crippen LogP contribution in [0.3, 0.4) is 0 Å². The lowest BCUT2D eigenvalue weighted by molar-refractivity contribution is -0.113. The van der Waals surface area contributed by atoms with Crippen LogP contribution in [0.5, 0.6) is 11.5 Å². The van der Waals surface area contributed by atoms with Crippen LogP contribution in [0.4, 0.5) is 10.5 Å². The van der Waals surface area contributed by atoms with Gasteiger partial charge < -0.3 is 9.47 Å². The zero-order chi connectivity index (χ0) is 20.3. The Labute approximate surface area is 186 Å². The third-order valence-electron chi connectivity index (χ3n) is 3.86. The fourth-order valence-corrected chi connectivity index (χ4v) is 4.43. The van der Waals surface area contributed by atoms with Crippen LogP contribution < -0.4 is 14.4 Å². The van der Waals surface area contributed by atoms with Crippen LogP contribution in [0.2, 0.25) is 5.02 Å². The lowest BCUT2D eigenvalue weighted by Gasteiger charge is -2.13. The molecule has 0 saturated carbocycles. The number of anilines is 1. The summed E-state index contributed by atoms with van der Waals surface area (Å²) in [6.07, 6.45) is 2.57. The summed E-state index contributed by atoms with van der Waals surface area (Å²) in [5.74, 6) is 0.882. The van der Waals surface area contributed by atoms with Gasteiger partial charge in [-0.3, -0.25) is 9.59 Å². The van der Waals surface area contributed by atoms with E-state index in [0.717, 1.165) is 32.2 Å². The first-order valence-corrected chi connectivity index (χ1v) is 10.8. The maximum absolute atomic E-state index is 12.8. The predicted molar refractivity (Wildman–Crippen MR) is 121 cm³/mol. The highest BCUT2D eigenvalue weighted by Gasteiger charge is 2.36. The van der Waals surface area contributed by atoms with Gasteiger partial charge in [0.2, 0.25) is 0 Å². The Bertz CT molecular complexity index is 963. The molecule has 0 unspecified atom stereocenters. The van der Waals surface area contributed by atoms with E-state index in [9.17, 15) is 9.59 Å². The molecular formula is C20H17ClINO4S. The minimum atomic E-state index is -0.377. The monoisotopic (exact) mass is 529 g/mol. The predicted octanol–water partition coefficient (Wildman–Crippen LogP) is 5.98. The Balaban J connectivity index is 1.92. The summed E-state index contributed by atoms with van der Waals surface area (Å²) in [7, 11) is 1.57. The summed E-state index contributed by atoms with van der Waals surface area (Å²) in [6, 6.07) is 10.3. The number of ether oxygens (including phenoxy) is 2. The number of halogens is 2. The third-order valence-corrected chi connectivity index (χ3v) is 5.77. The Morgan fingerprint density at radius 1 is 1.25 bits per heavy atom. The van der Waals surface area contributed by atoms with Crippen LogP contribution in [0.1, 0.15) is 18.9 Å². The van der Waals surface area contributed by atoms with E-state index in [-0.39, 0.29) is 11.1 Å². The molecule has 3 rings (SSSR count). The molecule has 0 N–H and O–H groups in total. The SMILES string of the molecule is CCCOc1c(I)cc(/C=C2/SC(=O)N(c3cccc(Cl)c3)C2=O)cc1OC. The van der Waals surface area contributed by atoms with Crippen molar-refractivity contribution in [3.05, 3.63) is 55.5 Å². The molecule has 1 fully saturated rings. The normalized spacial score (nSPS) is 15.4. The standard InChI is InChI=1S/C20H17ClINO4S/c1-3-7-27-18-15(22)8-12(9-16(18)26-2)10-17-19(24)23(20(25)28-17)14-6-4-5-13(21)11-14/h4-6,8-11H,3,7H2,1-2H3/b17-10+. The minimum Gasteiger partial charge on any atom is -0.493 e. The van der Waals surface area contributed by atoms with Crippen molar-refractivity contribution in [3.8, 4) is 11.5 Å². The fourth-order valence-electron chi connectivity index (χ4n) is 2.62. The molecule has 1 aliphatic heterocycles. The number of hydrogen-bond acceptors (Lipinski definition) is 5. The van der Waals surface area contributed by atoms with Gasteiger partial charge in [-0.15, -0.1) is 0 Å². The Morgan fingerprint density at radius 2 is 2.04 bits per heavy atom. The number of hydrogen-bond donors (Lipinski definition) is 0. The highest BCUT2D eigenvalue weighted by molar-refractivity contribution is 14.1. The molecule has 0 radical (unpaired) electrons. The second-order valence-corrected chi connectivity index (χ2v) is 8.47. The van der Waals surface area contributed by atoms with Gasteiger partial charge in [0.15, 0.2) is 11.5 Å². The van der Waals surface area contributed by atoms with Gasteiger partial charge in [-0.1, -0.05) is 24.6 Å². The second kappa shape index (κ2) is 9.19. The summed E-state index contributed by atoms with van der Waals surface area (Å²) >= 11 is 9.05. The third kappa shape index (κ3) is 4.47. The molecule has 1 saturated heterocycles. The summed E-state index contributed by atoms with van der Waals surface area (Å²) in [4.78, 5) is 26.7. The molecule has 0 aromatic heterocycles. The lowest BCUT2D eigenvalue weighted by Crippen LogP contribution is -2.27. The molecule has 8 heteroatoms. The van der Waals surface area contributed by atoms with Gasteiger partial charge in [0.05, 0.1) is 27.9 Å². The highest BCUT2D eigenvalue weighted by Crippen LogP contribution is 2.39. The molecule has 1 heterocycles. The Kier molecular flexibility index (Phi) is 6.90. The largest absolute Gasteiger partial charge is 0.493 e. The number of thioether (sulfide) groups is 1. The first kappa shape index (κ1) is 21.0. The first-order chi connectivity index (χ1) is 13.4. The summed E-state index contributed by atoms with van der Waals surface area (Å²) < 4.78 is 12.1. The summed E-state index contributed by atoms with van der Waals surface area (Å²) in [5, 5.41) is 0.102. The van der Waals surface area contributed by atoms with Crippen molar-refractivity contribution >= 4 is 68.9 Å². The zero-order valence-corrected chi connectivity index (χ0v) is 18.9. The average Bonchev–Trinajstić information content (AvgIpc) is 2.93. The van der Waals surface area contributed by atoms with Crippen LogP contribution in [0.15, 0.2) is 41.3 Å². The van der Waals surface area contributed by atoms with Gasteiger partial charge in [-0.05, 0) is 82.7 Å². The van der Waals surface area contributed by atoms with Gasteiger partial charge in [-0.25, -0.2) is 4.90 Å². The molecular weight excluding hydrogens is 513 g/mol. The van der Waals surface area contributed by atoms with Crippen LogP contribution in [-0.2, 0) is 4.79 Å². The van der Waals surface area contributed by atoms with Gasteiger partial charge in [0.25, 0.3) is 11.1 Å². The molecule has 2 aromatic rings. The summed E-state index contributed by atoms with van der Waals surface area (Å²) in [5.41, 5.74) is 1.20. The molecule has 0 bridgehead atoms. The van der Waals surface area contributed by atoms with Crippen molar-refractivity contribution in [2.75, 3.05) is 18.6 Å². The van der Waals surface area contributed by atoms with Crippen molar-refractivity contribution in [3.63, 3.8) is 0 Å². The number of methoxy groups -OCH3 is 1. The topological polar surface area (TPSA) is 55.8 Å². The molecule has 0 spiro atoms. The van der Waals surface area contributed by atoms with Crippen molar-refractivity contribution < 1.29 is 19.1 Å². The smallest absolute Gasteiger partial charge is 0.298 e. The van der Waals surface area contributed by atoms with Gasteiger partial charge in [-0.2, -0.15) is 0 Å². The van der Waals surface area contributed by atoms with E-state index >= 15 is 0 Å². The van der Waals surface area contributed by atoms with Crippen molar-refractivity contribution in [2.24, 2.45) is 0 Å². The van der Waals surface area contributed by atoms with E-state index in [2.05, 4.69) is 22.6 Å². The first-order valence-electron chi connectivity index (χ1n) is 8.48. The van der Waals surface area contributed by atoms with Crippen molar-refractivity contribution in [1.82, 2.24) is 0 Å². The van der Waals surface area contributed by atoms with E-state index < -0.39 is 0 Å². The highest BCUT2D eigenvalue weighted by atomic mass is 127. The quantitative estimate of drug-likeness (QED) is 0.340. The van der Waals surface area contributed by atoms with Gasteiger partial charge >= 0.3 is 0 Å². The second-order valence-electron chi connectivity index (χ2n) is 5.88. The molecule has 2 amide bonds. The van der Waals surface area contributed by atoms with Gasteiger partial charge in [0.1, 0.15) is 0 Å². The zero-order valence-electron chi connectivity index (χ0n) is 15.2. The fraction of sp³-hybridized carbons (Fsp3) is 0.200. The lowest BCUT2D eigenvalue weighted by atomic mass is 10.1. The number of imide groups is 1. The molecule has 2 aromatic carbocycles. The molecule has 5 nitrogen and oxygen atoms in total. The van der Waals surface area contributed by atoms with E-state index in [4.69, 9.17) is 21.1 Å². The molecule has 146 valence electrons. The number of carbonyl (C=O) groups is 2. The van der Waals surface area contributed by atoms with Crippen LogP contribution in [0, 0.1) is 3.57 Å². The maximum atomic E-state index is 12.8. The van der Waals surface area contributed by atoms with Crippen molar-refractivity contribution in [1.29, 1.82) is 0 Å². The molecule has 0 aliphatic carbocycles. The van der Waals surface area contributed by atoms with Crippen LogP contribution >= 0.6 is 46.0 Å². The number of benzene rings is 2. The Morgan fingerprint density at radius 3 is 2.71 bits per heavy atom. The average molecular weight is 530 g/mol. The maximum Gasteiger partial charge on any atom is 0.298 e. The number of carbonyl (C=O) groups excluding carboxylic acids is 2. The molecule has 0 atom stereocenters. The van der Waals surface area contributed by atoms with Crippen LogP contribution in [0.25, 0.3) is 6.08 Å². The van der Waals surface area contributed by atoms with E-state index in [1.54, 1.807) is 43.5 Å². The van der Waals surface area contributed by atoms with E-state index in [1.165, 1.54) is 0 Å². The van der Waals surface area contributed by atoms with E-state index in [1.807, 2.05) is 13.0 Å². The number of amides is 2. The molecule has 1 aliphatic rings. The van der Waals surface area contributed by atoms with Crippen molar-refractivity contribution in [2.45, 2.75) is 13.3 Å².